The van der Waals surface area contributed by atoms with Crippen molar-refractivity contribution in [3.63, 3.8) is 0 Å². The Morgan fingerprint density at radius 1 is 0.889 bits per heavy atom. The molecule has 0 nitrogen and oxygen atoms in total. The van der Waals surface area contributed by atoms with Gasteiger partial charge in [0.2, 0.25) is 0 Å². The second kappa shape index (κ2) is 4.95. The maximum Gasteiger partial charge on any atom is 0.0716 e. The number of hydrogen-bond donors (Lipinski definition) is 0. The van der Waals surface area contributed by atoms with E-state index in [1.54, 1.807) is 0 Å². The van der Waals surface area contributed by atoms with Crippen LogP contribution in [0, 0.1) is 0 Å². The second-order valence-electron chi connectivity index (χ2n) is 4.77. The van der Waals surface area contributed by atoms with E-state index in [-0.39, 0.29) is 0 Å². The Bertz CT molecular complexity index is 543. The average molecular weight is 247 g/mol. The van der Waals surface area contributed by atoms with Crippen LogP contribution in [0.25, 0.3) is 0 Å². The normalized spacial score (nSPS) is 17.4. The number of rotatable bonds is 3. The van der Waals surface area contributed by atoms with E-state index in [1.807, 2.05) is 0 Å². The van der Waals surface area contributed by atoms with Crippen LogP contribution in [0.3, 0.4) is 0 Å². The Hall–Kier alpha value is -1.60. The van der Waals surface area contributed by atoms with E-state index in [9.17, 15) is 0 Å². The van der Waals surface area contributed by atoms with Crippen molar-refractivity contribution < 1.29 is 0 Å². The molecule has 87 valence electrons. The molecule has 0 aromatic heterocycles. The molecule has 0 amide bonds. The molecule has 0 bridgehead atoms. The van der Waals surface area contributed by atoms with Crippen molar-refractivity contribution >= 4 is 15.4 Å². The standard InChI is InChI=1S/C17H15Si/c18-16-12-6-5-11-15(16)17(13-7-1-2-8-13)14-9-3-4-10-14/h1-7,9,11-12,17H,8,10H2. The SMILES string of the molecule is [Si]c1ccccc1C(C1=CC=CC1)C1=CC=CC1. The third-order valence-corrected chi connectivity index (χ3v) is 4.07. The van der Waals surface area contributed by atoms with Crippen LogP contribution < -0.4 is 5.19 Å². The Morgan fingerprint density at radius 3 is 2.00 bits per heavy atom. The molecule has 0 unspecified atom stereocenters. The lowest BCUT2D eigenvalue weighted by Gasteiger charge is -2.22. The van der Waals surface area contributed by atoms with Gasteiger partial charge in [-0.3, -0.25) is 0 Å². The first-order valence-corrected chi connectivity index (χ1v) is 6.88. The molecule has 1 aromatic rings. The van der Waals surface area contributed by atoms with Gasteiger partial charge in [-0.25, -0.2) is 0 Å². The molecule has 1 aromatic carbocycles. The smallest absolute Gasteiger partial charge is 0.0716 e. The van der Waals surface area contributed by atoms with Crippen molar-refractivity contribution in [2.24, 2.45) is 0 Å². The van der Waals surface area contributed by atoms with Gasteiger partial charge in [-0.15, -0.1) is 0 Å². The summed E-state index contributed by atoms with van der Waals surface area (Å²) in [5.74, 6) is 0.420. The molecule has 3 radical (unpaired) electrons. The molecule has 0 aliphatic heterocycles. The van der Waals surface area contributed by atoms with Crippen LogP contribution in [0.15, 0.2) is 71.9 Å². The van der Waals surface area contributed by atoms with Crippen LogP contribution >= 0.6 is 0 Å². The quantitative estimate of drug-likeness (QED) is 0.719. The summed E-state index contributed by atoms with van der Waals surface area (Å²) in [7, 11) is 3.75. The fourth-order valence-corrected chi connectivity index (χ4v) is 3.07. The molecule has 0 atom stereocenters. The highest BCUT2D eigenvalue weighted by Crippen LogP contribution is 2.38. The molecule has 0 saturated carbocycles. The van der Waals surface area contributed by atoms with Crippen LogP contribution in [0.2, 0.25) is 0 Å². The van der Waals surface area contributed by atoms with E-state index in [4.69, 9.17) is 0 Å². The molecule has 0 N–H and O–H groups in total. The molecular formula is C17H15Si. The van der Waals surface area contributed by atoms with Crippen molar-refractivity contribution in [3.8, 4) is 0 Å². The lowest BCUT2D eigenvalue weighted by Crippen LogP contribution is -2.16. The molecule has 3 rings (SSSR count). The lowest BCUT2D eigenvalue weighted by atomic mass is 9.83. The number of hydrogen-bond acceptors (Lipinski definition) is 0. The third kappa shape index (κ3) is 2.06. The van der Waals surface area contributed by atoms with E-state index < -0.39 is 0 Å². The highest BCUT2D eigenvalue weighted by atomic mass is 28.1. The van der Waals surface area contributed by atoms with E-state index in [1.165, 1.54) is 21.9 Å². The topological polar surface area (TPSA) is 0 Å². The summed E-state index contributed by atoms with van der Waals surface area (Å²) in [5, 5.41) is 1.20. The molecule has 1 heteroatoms. The van der Waals surface area contributed by atoms with E-state index in [2.05, 4.69) is 71.0 Å². The first kappa shape index (κ1) is 11.5. The van der Waals surface area contributed by atoms with Gasteiger partial charge >= 0.3 is 0 Å². The van der Waals surface area contributed by atoms with Gasteiger partial charge in [0.15, 0.2) is 0 Å². The maximum absolute atomic E-state index is 3.75. The van der Waals surface area contributed by atoms with Gasteiger partial charge in [-0.05, 0) is 18.4 Å². The molecule has 0 fully saturated rings. The van der Waals surface area contributed by atoms with E-state index in [0.717, 1.165) is 12.8 Å². The third-order valence-electron chi connectivity index (χ3n) is 3.61. The molecule has 0 saturated heterocycles. The monoisotopic (exact) mass is 247 g/mol. The van der Waals surface area contributed by atoms with Crippen molar-refractivity contribution in [2.75, 3.05) is 0 Å². The van der Waals surface area contributed by atoms with Gasteiger partial charge in [0.25, 0.3) is 0 Å². The van der Waals surface area contributed by atoms with Gasteiger partial charge in [0.1, 0.15) is 0 Å². The van der Waals surface area contributed by atoms with Crippen molar-refractivity contribution in [1.29, 1.82) is 0 Å². The number of benzene rings is 1. The van der Waals surface area contributed by atoms with Gasteiger partial charge in [-0.1, -0.05) is 77.1 Å². The first-order chi connectivity index (χ1) is 8.86. The maximum atomic E-state index is 3.75. The molecule has 0 heterocycles. The Morgan fingerprint density at radius 2 is 1.50 bits per heavy atom. The predicted molar refractivity (Wildman–Crippen MR) is 78.3 cm³/mol. The fourth-order valence-electron chi connectivity index (χ4n) is 2.74. The van der Waals surface area contributed by atoms with Crippen LogP contribution in [-0.2, 0) is 0 Å². The van der Waals surface area contributed by atoms with Crippen LogP contribution in [0.1, 0.15) is 24.3 Å². The summed E-state index contributed by atoms with van der Waals surface area (Å²) in [6.07, 6.45) is 15.5. The van der Waals surface area contributed by atoms with E-state index in [0.29, 0.717) is 5.92 Å². The average Bonchev–Trinajstić information content (AvgIpc) is 3.05. The summed E-state index contributed by atoms with van der Waals surface area (Å²) >= 11 is 0. The minimum absolute atomic E-state index is 0.420. The zero-order valence-corrected chi connectivity index (χ0v) is 11.3. The summed E-state index contributed by atoms with van der Waals surface area (Å²) in [4.78, 5) is 0. The number of allylic oxidation sites excluding steroid dienone is 8. The molecule has 0 spiro atoms. The van der Waals surface area contributed by atoms with Crippen molar-refractivity contribution in [3.05, 3.63) is 77.4 Å². The van der Waals surface area contributed by atoms with Gasteiger partial charge < -0.3 is 0 Å². The van der Waals surface area contributed by atoms with Crippen LogP contribution in [-0.4, -0.2) is 10.2 Å². The molecule has 2 aliphatic rings. The Balaban J connectivity index is 2.03. The highest BCUT2D eigenvalue weighted by molar-refractivity contribution is 6.33. The summed E-state index contributed by atoms with van der Waals surface area (Å²) < 4.78 is 0. The minimum Gasteiger partial charge on any atom is -0.0804 e. The van der Waals surface area contributed by atoms with Crippen molar-refractivity contribution in [2.45, 2.75) is 18.8 Å². The zero-order chi connectivity index (χ0) is 12.4. The summed E-state index contributed by atoms with van der Waals surface area (Å²) in [6, 6.07) is 8.56. The Kier molecular flexibility index (Phi) is 3.16. The molecule has 2 aliphatic carbocycles. The minimum atomic E-state index is 0.420. The van der Waals surface area contributed by atoms with Gasteiger partial charge in [-0.2, -0.15) is 0 Å². The summed E-state index contributed by atoms with van der Waals surface area (Å²) in [6.45, 7) is 0. The van der Waals surface area contributed by atoms with Crippen LogP contribution in [0.4, 0.5) is 0 Å². The predicted octanol–water partition coefficient (Wildman–Crippen LogP) is 3.34. The highest BCUT2D eigenvalue weighted by Gasteiger charge is 2.22. The second-order valence-corrected chi connectivity index (χ2v) is 5.31. The lowest BCUT2D eigenvalue weighted by molar-refractivity contribution is 0.879. The fraction of sp³-hybridized carbons (Fsp3) is 0.176. The molecule has 18 heavy (non-hydrogen) atoms. The Labute approximate surface area is 112 Å². The van der Waals surface area contributed by atoms with Crippen LogP contribution in [0.5, 0.6) is 0 Å². The van der Waals surface area contributed by atoms with Gasteiger partial charge in [0, 0.05) is 5.92 Å². The first-order valence-electron chi connectivity index (χ1n) is 6.38. The molecular weight excluding hydrogens is 232 g/mol. The largest absolute Gasteiger partial charge is 0.0804 e. The van der Waals surface area contributed by atoms with E-state index >= 15 is 0 Å². The van der Waals surface area contributed by atoms with Crippen molar-refractivity contribution in [1.82, 2.24) is 0 Å². The summed E-state index contributed by atoms with van der Waals surface area (Å²) in [5.41, 5.74) is 4.37. The van der Waals surface area contributed by atoms with Gasteiger partial charge in [0.05, 0.1) is 10.2 Å². The zero-order valence-electron chi connectivity index (χ0n) is 10.3.